The molecule has 2 aromatic rings. The molecule has 2 rings (SSSR count). The van der Waals surface area contributed by atoms with Gasteiger partial charge in [-0.3, -0.25) is 0 Å². The summed E-state index contributed by atoms with van der Waals surface area (Å²) in [6.45, 7) is 5.77. The Balaban J connectivity index is 2.37. The topological polar surface area (TPSA) is 12.0 Å². The summed E-state index contributed by atoms with van der Waals surface area (Å²) >= 11 is 7.58. The van der Waals surface area contributed by atoms with Gasteiger partial charge in [0, 0.05) is 15.8 Å². The van der Waals surface area contributed by atoms with E-state index in [4.69, 9.17) is 11.6 Å². The molecule has 1 nitrogen and oxygen atoms in total. The highest BCUT2D eigenvalue weighted by Crippen LogP contribution is 2.40. The van der Waals surface area contributed by atoms with Crippen LogP contribution in [0.25, 0.3) is 0 Å². The van der Waals surface area contributed by atoms with Crippen LogP contribution in [0.3, 0.4) is 0 Å². The maximum atomic E-state index is 13.1. The Morgan fingerprint density at radius 3 is 2.43 bits per heavy atom. The van der Waals surface area contributed by atoms with Gasteiger partial charge in [0.05, 0.1) is 16.3 Å². The molecule has 0 aliphatic heterocycles. The molecule has 0 saturated heterocycles. The molecule has 0 aliphatic rings. The molecule has 6 heteroatoms. The van der Waals surface area contributed by atoms with Crippen molar-refractivity contribution in [3.05, 3.63) is 50.2 Å². The lowest BCUT2D eigenvalue weighted by Crippen LogP contribution is -2.14. The molecule has 0 bridgehead atoms. The van der Waals surface area contributed by atoms with E-state index in [2.05, 4.69) is 5.32 Å². The Morgan fingerprint density at radius 1 is 1.24 bits per heavy atom. The van der Waals surface area contributed by atoms with Crippen LogP contribution in [0.15, 0.2) is 24.3 Å². The zero-order chi connectivity index (χ0) is 15.8. The Morgan fingerprint density at radius 2 is 1.90 bits per heavy atom. The first-order valence-corrected chi connectivity index (χ1v) is 7.58. The van der Waals surface area contributed by atoms with Gasteiger partial charge in [0.2, 0.25) is 0 Å². The molecule has 0 aliphatic carbocycles. The van der Waals surface area contributed by atoms with Crippen LogP contribution in [0.4, 0.5) is 18.9 Å². The van der Waals surface area contributed by atoms with Crippen molar-refractivity contribution in [3.63, 3.8) is 0 Å². The summed E-state index contributed by atoms with van der Waals surface area (Å²) in [5, 5.41) is 2.98. The predicted octanol–water partition coefficient (Wildman–Crippen LogP) is 6.21. The van der Waals surface area contributed by atoms with E-state index in [1.807, 2.05) is 26.8 Å². The number of hydrogen-bond donors (Lipinski definition) is 1. The van der Waals surface area contributed by atoms with Crippen LogP contribution in [-0.2, 0) is 6.18 Å². The number of alkyl halides is 3. The molecule has 0 radical (unpaired) electrons. The smallest absolute Gasteiger partial charge is 0.377 e. The molecule has 0 fully saturated rings. The summed E-state index contributed by atoms with van der Waals surface area (Å²) in [6.07, 6.45) is -4.44. The number of para-hydroxylation sites is 1. The highest BCUT2D eigenvalue weighted by molar-refractivity contribution is 7.12. The van der Waals surface area contributed by atoms with Crippen molar-refractivity contribution in [1.82, 2.24) is 0 Å². The van der Waals surface area contributed by atoms with Gasteiger partial charge in [0.25, 0.3) is 0 Å². The van der Waals surface area contributed by atoms with Crippen LogP contribution in [0.5, 0.6) is 0 Å². The van der Waals surface area contributed by atoms with Crippen LogP contribution < -0.4 is 5.32 Å². The van der Waals surface area contributed by atoms with Gasteiger partial charge in [-0.15, -0.1) is 11.3 Å². The molecule has 1 aromatic carbocycles. The van der Waals surface area contributed by atoms with Gasteiger partial charge in [0.1, 0.15) is 0 Å². The third kappa shape index (κ3) is 3.52. The highest BCUT2D eigenvalue weighted by atomic mass is 35.5. The first-order valence-electron chi connectivity index (χ1n) is 6.39. The molecule has 114 valence electrons. The summed E-state index contributed by atoms with van der Waals surface area (Å²) < 4.78 is 39.2. The summed E-state index contributed by atoms with van der Waals surface area (Å²) in [7, 11) is 0. The SMILES string of the molecule is Cc1cc(C(C)Nc2c(Cl)cccc2C(F)(F)F)c(C)s1. The molecule has 1 N–H and O–H groups in total. The van der Waals surface area contributed by atoms with E-state index in [0.717, 1.165) is 21.4 Å². The number of rotatable bonds is 3. The summed E-state index contributed by atoms with van der Waals surface area (Å²) in [4.78, 5) is 2.22. The van der Waals surface area contributed by atoms with Gasteiger partial charge < -0.3 is 5.32 Å². The number of benzene rings is 1. The van der Waals surface area contributed by atoms with Gasteiger partial charge in [-0.25, -0.2) is 0 Å². The van der Waals surface area contributed by atoms with Crippen molar-refractivity contribution in [1.29, 1.82) is 0 Å². The molecule has 1 unspecified atom stereocenters. The largest absolute Gasteiger partial charge is 0.418 e. The second-order valence-electron chi connectivity index (χ2n) is 4.89. The minimum atomic E-state index is -4.44. The molecular weight excluding hydrogens is 319 g/mol. The third-order valence-electron chi connectivity index (χ3n) is 3.23. The molecule has 1 atom stereocenters. The number of hydrogen-bond acceptors (Lipinski definition) is 2. The third-order valence-corrected chi connectivity index (χ3v) is 4.52. The fraction of sp³-hybridized carbons (Fsp3) is 0.333. The monoisotopic (exact) mass is 333 g/mol. The molecule has 0 saturated carbocycles. The number of anilines is 1. The molecule has 21 heavy (non-hydrogen) atoms. The average Bonchev–Trinajstić information content (AvgIpc) is 2.69. The average molecular weight is 334 g/mol. The van der Waals surface area contributed by atoms with Crippen LogP contribution in [0.2, 0.25) is 5.02 Å². The summed E-state index contributed by atoms with van der Waals surface area (Å²) in [5.41, 5.74) is 0.180. The van der Waals surface area contributed by atoms with Gasteiger partial charge in [-0.1, -0.05) is 17.7 Å². The van der Waals surface area contributed by atoms with E-state index >= 15 is 0 Å². The van der Waals surface area contributed by atoms with Crippen molar-refractivity contribution in [2.75, 3.05) is 5.32 Å². The van der Waals surface area contributed by atoms with Crippen molar-refractivity contribution in [2.45, 2.75) is 33.0 Å². The summed E-state index contributed by atoms with van der Waals surface area (Å²) in [5.74, 6) is 0. The first-order chi connectivity index (χ1) is 9.70. The van der Waals surface area contributed by atoms with Gasteiger partial charge in [-0.2, -0.15) is 13.2 Å². The Hall–Kier alpha value is -1.20. The molecular formula is C15H15ClF3NS. The van der Waals surface area contributed by atoms with Gasteiger partial charge >= 0.3 is 6.18 Å². The first kappa shape index (κ1) is 16.2. The number of thiophene rings is 1. The van der Waals surface area contributed by atoms with Gasteiger partial charge in [0.15, 0.2) is 0 Å². The maximum absolute atomic E-state index is 13.1. The zero-order valence-corrected chi connectivity index (χ0v) is 13.4. The van der Waals surface area contributed by atoms with E-state index in [9.17, 15) is 13.2 Å². The lowest BCUT2D eigenvalue weighted by molar-refractivity contribution is -0.137. The van der Waals surface area contributed by atoms with Crippen molar-refractivity contribution >= 4 is 28.6 Å². The normalized spacial score (nSPS) is 13.3. The molecule has 1 heterocycles. The lowest BCUT2D eigenvalue weighted by Gasteiger charge is -2.20. The van der Waals surface area contributed by atoms with Crippen LogP contribution in [-0.4, -0.2) is 0 Å². The molecule has 1 aromatic heterocycles. The Bertz CT molecular complexity index is 649. The lowest BCUT2D eigenvalue weighted by atomic mass is 10.1. The minimum Gasteiger partial charge on any atom is -0.377 e. The van der Waals surface area contributed by atoms with Crippen molar-refractivity contribution < 1.29 is 13.2 Å². The Kier molecular flexibility index (Phi) is 4.54. The van der Waals surface area contributed by atoms with Crippen molar-refractivity contribution in [3.8, 4) is 0 Å². The second kappa shape index (κ2) is 5.89. The minimum absolute atomic E-state index is 0.0672. The van der Waals surface area contributed by atoms with Crippen LogP contribution >= 0.6 is 22.9 Å². The maximum Gasteiger partial charge on any atom is 0.418 e. The zero-order valence-electron chi connectivity index (χ0n) is 11.8. The number of nitrogens with one attached hydrogen (secondary N) is 1. The van der Waals surface area contributed by atoms with E-state index in [-0.39, 0.29) is 16.8 Å². The standard InChI is InChI=1S/C15H15ClF3NS/c1-8-7-11(10(3)21-8)9(2)20-14-12(15(17,18)19)5-4-6-13(14)16/h4-7,9,20H,1-3H3. The highest BCUT2D eigenvalue weighted by Gasteiger charge is 2.34. The molecule has 0 amide bonds. The van der Waals surface area contributed by atoms with Gasteiger partial charge in [-0.05, 0) is 44.5 Å². The van der Waals surface area contributed by atoms with E-state index in [0.29, 0.717) is 0 Å². The van der Waals surface area contributed by atoms with Crippen molar-refractivity contribution in [2.24, 2.45) is 0 Å². The molecule has 0 spiro atoms. The number of aryl methyl sites for hydroxylation is 2. The summed E-state index contributed by atoms with van der Waals surface area (Å²) in [6, 6.07) is 5.53. The number of halogens is 4. The predicted molar refractivity (Wildman–Crippen MR) is 82.3 cm³/mol. The second-order valence-corrected chi connectivity index (χ2v) is 6.76. The quantitative estimate of drug-likeness (QED) is 0.704. The van der Waals surface area contributed by atoms with E-state index in [1.54, 1.807) is 11.3 Å². The van der Waals surface area contributed by atoms with Crippen LogP contribution in [0.1, 0.15) is 33.8 Å². The van der Waals surface area contributed by atoms with E-state index in [1.165, 1.54) is 12.1 Å². The van der Waals surface area contributed by atoms with Crippen LogP contribution in [0, 0.1) is 13.8 Å². The fourth-order valence-corrected chi connectivity index (χ4v) is 3.53. The Labute approximate surface area is 130 Å². The fourth-order valence-electron chi connectivity index (χ4n) is 2.28. The van der Waals surface area contributed by atoms with E-state index < -0.39 is 11.7 Å².